The zero-order valence-electron chi connectivity index (χ0n) is 11.5. The molecule has 1 aromatic heterocycles. The van der Waals surface area contributed by atoms with Gasteiger partial charge in [-0.1, -0.05) is 18.2 Å². The number of rotatable bonds is 5. The van der Waals surface area contributed by atoms with Crippen molar-refractivity contribution in [3.05, 3.63) is 53.5 Å². The summed E-state index contributed by atoms with van der Waals surface area (Å²) in [5.41, 5.74) is 0.255. The Hall–Kier alpha value is -1.99. The number of carbonyl (C=O) groups excluding carboxylic acids is 1. The van der Waals surface area contributed by atoms with E-state index < -0.39 is 21.9 Å². The molecule has 112 valence electrons. The SMILES string of the molecule is CC(c1ccccc1F)N(C)S(=O)(=O)c1ccc(C=O)o1. The number of hydrogen-bond donors (Lipinski definition) is 0. The zero-order chi connectivity index (χ0) is 15.6. The van der Waals surface area contributed by atoms with Crippen LogP contribution in [0.2, 0.25) is 0 Å². The van der Waals surface area contributed by atoms with E-state index in [2.05, 4.69) is 0 Å². The number of sulfonamides is 1. The maximum atomic E-state index is 13.8. The zero-order valence-corrected chi connectivity index (χ0v) is 12.3. The van der Waals surface area contributed by atoms with E-state index in [0.717, 1.165) is 4.31 Å². The maximum Gasteiger partial charge on any atom is 0.276 e. The van der Waals surface area contributed by atoms with Gasteiger partial charge in [-0.25, -0.2) is 12.8 Å². The third-order valence-electron chi connectivity index (χ3n) is 3.25. The minimum absolute atomic E-state index is 0.0829. The Morgan fingerprint density at radius 2 is 1.90 bits per heavy atom. The van der Waals surface area contributed by atoms with Gasteiger partial charge >= 0.3 is 0 Å². The summed E-state index contributed by atoms with van der Waals surface area (Å²) in [6.07, 6.45) is 0.416. The fourth-order valence-corrected chi connectivity index (χ4v) is 3.15. The van der Waals surface area contributed by atoms with E-state index in [0.29, 0.717) is 6.29 Å². The molecule has 0 amide bonds. The summed E-state index contributed by atoms with van der Waals surface area (Å²) >= 11 is 0. The van der Waals surface area contributed by atoms with Gasteiger partial charge < -0.3 is 4.42 Å². The molecule has 0 fully saturated rings. The highest BCUT2D eigenvalue weighted by Gasteiger charge is 2.30. The van der Waals surface area contributed by atoms with Crippen LogP contribution in [0.5, 0.6) is 0 Å². The topological polar surface area (TPSA) is 67.6 Å². The van der Waals surface area contributed by atoms with Gasteiger partial charge in [-0.3, -0.25) is 4.79 Å². The Bertz CT molecular complexity index is 754. The van der Waals surface area contributed by atoms with Crippen LogP contribution in [0.25, 0.3) is 0 Å². The average Bonchev–Trinajstić information content (AvgIpc) is 2.96. The Labute approximate surface area is 122 Å². The van der Waals surface area contributed by atoms with Crippen LogP contribution in [0, 0.1) is 5.82 Å². The van der Waals surface area contributed by atoms with Gasteiger partial charge in [-0.2, -0.15) is 4.31 Å². The molecule has 1 heterocycles. The van der Waals surface area contributed by atoms with Crippen molar-refractivity contribution >= 4 is 16.3 Å². The van der Waals surface area contributed by atoms with Crippen molar-refractivity contribution in [3.8, 4) is 0 Å². The van der Waals surface area contributed by atoms with Crippen molar-refractivity contribution in [2.24, 2.45) is 0 Å². The molecule has 5 nitrogen and oxygen atoms in total. The van der Waals surface area contributed by atoms with Gasteiger partial charge in [0.2, 0.25) is 5.09 Å². The molecule has 0 bridgehead atoms. The molecular formula is C14H14FNO4S. The van der Waals surface area contributed by atoms with E-state index in [1.165, 1.54) is 37.4 Å². The average molecular weight is 311 g/mol. The summed E-state index contributed by atoms with van der Waals surface area (Å²) in [5.74, 6) is -0.569. The maximum absolute atomic E-state index is 13.8. The van der Waals surface area contributed by atoms with Crippen LogP contribution < -0.4 is 0 Å². The molecule has 0 radical (unpaired) electrons. The number of benzene rings is 1. The number of carbonyl (C=O) groups is 1. The van der Waals surface area contributed by atoms with Gasteiger partial charge in [0, 0.05) is 18.7 Å². The van der Waals surface area contributed by atoms with Crippen molar-refractivity contribution in [1.29, 1.82) is 0 Å². The van der Waals surface area contributed by atoms with Gasteiger partial charge in [-0.05, 0) is 25.1 Å². The first-order valence-corrected chi connectivity index (χ1v) is 7.59. The van der Waals surface area contributed by atoms with E-state index in [-0.39, 0.29) is 16.4 Å². The molecule has 0 saturated carbocycles. The number of hydrogen-bond acceptors (Lipinski definition) is 4. The molecule has 0 spiro atoms. The van der Waals surface area contributed by atoms with Gasteiger partial charge in [0.1, 0.15) is 5.82 Å². The first-order valence-electron chi connectivity index (χ1n) is 6.15. The van der Waals surface area contributed by atoms with Gasteiger partial charge in [0.05, 0.1) is 0 Å². The molecule has 2 aromatic rings. The van der Waals surface area contributed by atoms with E-state index in [9.17, 15) is 17.6 Å². The molecule has 0 saturated heterocycles. The van der Waals surface area contributed by atoms with Crippen LogP contribution in [-0.2, 0) is 10.0 Å². The molecule has 0 aliphatic rings. The molecular weight excluding hydrogens is 297 g/mol. The minimum atomic E-state index is -3.95. The van der Waals surface area contributed by atoms with Crippen molar-refractivity contribution in [2.45, 2.75) is 18.1 Å². The smallest absolute Gasteiger partial charge is 0.276 e. The molecule has 0 N–H and O–H groups in total. The molecule has 1 atom stereocenters. The van der Waals surface area contributed by atoms with E-state index >= 15 is 0 Å². The first-order chi connectivity index (χ1) is 9.87. The number of aldehydes is 1. The highest BCUT2D eigenvalue weighted by molar-refractivity contribution is 7.89. The highest BCUT2D eigenvalue weighted by atomic mass is 32.2. The standard InChI is InChI=1S/C14H14FNO4S/c1-10(12-5-3-4-6-13(12)15)16(2)21(18,19)14-8-7-11(9-17)20-14/h3-10H,1-2H3. The van der Waals surface area contributed by atoms with E-state index in [4.69, 9.17) is 4.42 Å². The minimum Gasteiger partial charge on any atom is -0.440 e. The van der Waals surface area contributed by atoms with Gasteiger partial charge in [-0.15, -0.1) is 0 Å². The van der Waals surface area contributed by atoms with Crippen LogP contribution in [0.1, 0.15) is 29.1 Å². The normalized spacial score (nSPS) is 13.3. The second-order valence-corrected chi connectivity index (χ2v) is 6.42. The summed E-state index contributed by atoms with van der Waals surface area (Å²) in [6, 6.07) is 7.69. The molecule has 0 aliphatic heterocycles. The second kappa shape index (κ2) is 5.79. The lowest BCUT2D eigenvalue weighted by molar-refractivity contribution is 0.109. The molecule has 2 rings (SSSR count). The Morgan fingerprint density at radius 1 is 1.24 bits per heavy atom. The predicted molar refractivity (Wildman–Crippen MR) is 73.9 cm³/mol. The Balaban J connectivity index is 2.36. The van der Waals surface area contributed by atoms with Crippen molar-refractivity contribution in [3.63, 3.8) is 0 Å². The molecule has 0 aliphatic carbocycles. The number of furan rings is 1. The van der Waals surface area contributed by atoms with Crippen LogP contribution in [0.15, 0.2) is 45.9 Å². The summed E-state index contributed by atoms with van der Waals surface area (Å²) in [6.45, 7) is 1.57. The first kappa shape index (κ1) is 15.4. The summed E-state index contributed by atoms with van der Waals surface area (Å²) < 4.78 is 44.5. The van der Waals surface area contributed by atoms with Crippen LogP contribution in [0.4, 0.5) is 4.39 Å². The van der Waals surface area contributed by atoms with Crippen LogP contribution in [0.3, 0.4) is 0 Å². The monoisotopic (exact) mass is 311 g/mol. The van der Waals surface area contributed by atoms with Crippen LogP contribution in [-0.4, -0.2) is 26.1 Å². The van der Waals surface area contributed by atoms with Crippen LogP contribution >= 0.6 is 0 Å². The van der Waals surface area contributed by atoms with Gasteiger partial charge in [0.15, 0.2) is 12.0 Å². The summed E-state index contributed by atoms with van der Waals surface area (Å²) in [7, 11) is -2.62. The molecule has 7 heteroatoms. The molecule has 1 aromatic carbocycles. The van der Waals surface area contributed by atoms with Crippen molar-refractivity contribution in [2.75, 3.05) is 7.05 Å². The van der Waals surface area contributed by atoms with E-state index in [1.807, 2.05) is 0 Å². The van der Waals surface area contributed by atoms with E-state index in [1.54, 1.807) is 13.0 Å². The second-order valence-electron chi connectivity index (χ2n) is 4.49. The fraction of sp³-hybridized carbons (Fsp3) is 0.214. The largest absolute Gasteiger partial charge is 0.440 e. The third-order valence-corrected chi connectivity index (χ3v) is 5.05. The summed E-state index contributed by atoms with van der Waals surface area (Å²) in [5, 5.41) is -0.352. The number of halogens is 1. The van der Waals surface area contributed by atoms with Crippen molar-refractivity contribution in [1.82, 2.24) is 4.31 Å². The fourth-order valence-electron chi connectivity index (χ4n) is 1.90. The lowest BCUT2D eigenvalue weighted by atomic mass is 10.1. The summed E-state index contributed by atoms with van der Waals surface area (Å²) in [4.78, 5) is 10.6. The predicted octanol–water partition coefficient (Wildman–Crippen LogP) is 2.61. The Morgan fingerprint density at radius 3 is 2.48 bits per heavy atom. The quantitative estimate of drug-likeness (QED) is 0.796. The molecule has 1 unspecified atom stereocenters. The Kier molecular flexibility index (Phi) is 4.24. The van der Waals surface area contributed by atoms with Gasteiger partial charge in [0.25, 0.3) is 10.0 Å². The lowest BCUT2D eigenvalue weighted by Crippen LogP contribution is -2.30. The lowest BCUT2D eigenvalue weighted by Gasteiger charge is -2.23. The molecule has 21 heavy (non-hydrogen) atoms. The van der Waals surface area contributed by atoms with Crippen molar-refractivity contribution < 1.29 is 22.0 Å². The third kappa shape index (κ3) is 2.88. The highest BCUT2D eigenvalue weighted by Crippen LogP contribution is 2.27. The number of nitrogens with zero attached hydrogens (tertiary/aromatic N) is 1.